The maximum absolute atomic E-state index is 5.52. The summed E-state index contributed by atoms with van der Waals surface area (Å²) in [6.45, 7) is 0.801. The zero-order valence-electron chi connectivity index (χ0n) is 3.74. The lowest BCUT2D eigenvalue weighted by molar-refractivity contribution is 0.938. The fourth-order valence-corrected chi connectivity index (χ4v) is 0.518. The second kappa shape index (κ2) is 2.03. The molecule has 0 fully saturated rings. The second-order valence-corrected chi connectivity index (χ2v) is 1.70. The predicted molar refractivity (Wildman–Crippen MR) is 29.8 cm³/mol. The van der Waals surface area contributed by atoms with Gasteiger partial charge in [-0.1, -0.05) is 11.6 Å². The number of rotatable bonds is 0. The average molecular weight is 115 g/mol. The molecule has 37 valence electrons. The lowest BCUT2D eigenvalue weighted by atomic mass is 10.4. The zero-order valence-corrected chi connectivity index (χ0v) is 4.50. The van der Waals surface area contributed by atoms with Crippen LogP contribution in [0.2, 0.25) is 0 Å². The Kier molecular flexibility index (Phi) is 1.37. The first kappa shape index (κ1) is 4.72. The van der Waals surface area contributed by atoms with Crippen molar-refractivity contribution in [1.29, 1.82) is 0 Å². The summed E-state index contributed by atoms with van der Waals surface area (Å²) >= 11 is 5.52. The highest BCUT2D eigenvalue weighted by molar-refractivity contribution is 6.31. The smallest absolute Gasteiger partial charge is 0.0593 e. The van der Waals surface area contributed by atoms with Crippen molar-refractivity contribution < 1.29 is 0 Å². The number of hydrogen-bond donors (Lipinski definition) is 1. The van der Waals surface area contributed by atoms with Gasteiger partial charge < -0.3 is 5.32 Å². The van der Waals surface area contributed by atoms with Crippen LogP contribution in [0.4, 0.5) is 0 Å². The van der Waals surface area contributed by atoms with Gasteiger partial charge in [0.2, 0.25) is 0 Å². The lowest BCUT2D eigenvalue weighted by Crippen LogP contribution is -2.07. The molecular weight excluding hydrogens is 110 g/mol. The third-order valence-electron chi connectivity index (χ3n) is 0.711. The molecule has 0 atom stereocenters. The second-order valence-electron chi connectivity index (χ2n) is 1.26. The summed E-state index contributed by atoms with van der Waals surface area (Å²) in [6.07, 6.45) is 6.35. The molecule has 1 nitrogen and oxygen atoms in total. The number of allylic oxidation sites excluding steroid dienone is 2. The summed E-state index contributed by atoms with van der Waals surface area (Å²) in [5.41, 5.74) is 0. The highest BCUT2D eigenvalue weighted by atomic mass is 35.5. The first-order valence-corrected chi connectivity index (χ1v) is 2.44. The van der Waals surface area contributed by atoms with E-state index in [1.54, 1.807) is 6.08 Å². The minimum Gasteiger partial charge on any atom is -0.380 e. The summed E-state index contributed by atoms with van der Waals surface area (Å²) in [4.78, 5) is 0. The van der Waals surface area contributed by atoms with Gasteiger partial charge in [-0.05, 0) is 12.2 Å². The van der Waals surface area contributed by atoms with Crippen LogP contribution >= 0.6 is 11.6 Å². The van der Waals surface area contributed by atoms with Crippen molar-refractivity contribution in [2.75, 3.05) is 6.54 Å². The Labute approximate surface area is 47.7 Å². The van der Waals surface area contributed by atoms with Crippen molar-refractivity contribution in [3.63, 3.8) is 0 Å². The van der Waals surface area contributed by atoms with Crippen LogP contribution in [-0.2, 0) is 0 Å². The monoisotopic (exact) mass is 114 g/mol. The van der Waals surface area contributed by atoms with E-state index in [0.717, 1.165) is 11.6 Å². The molecule has 2 heteroatoms. The van der Waals surface area contributed by atoms with Gasteiger partial charge in [-0.25, -0.2) is 0 Å². The van der Waals surface area contributed by atoms with Crippen LogP contribution in [0.15, 0.2) is 17.2 Å². The van der Waals surface area contributed by atoms with Crippen molar-refractivity contribution in [2.24, 2.45) is 0 Å². The molecule has 0 bridgehead atoms. The van der Waals surface area contributed by atoms with Gasteiger partial charge >= 0.3 is 0 Å². The first-order valence-electron chi connectivity index (χ1n) is 2.07. The van der Waals surface area contributed by atoms with Crippen molar-refractivity contribution >= 4 is 11.6 Å². The fraction of sp³-hybridized carbons (Fsp3) is 0.200. The highest BCUT2D eigenvalue weighted by Crippen LogP contribution is 2.02. The van der Waals surface area contributed by atoms with E-state index in [1.165, 1.54) is 0 Å². The third kappa shape index (κ3) is 1.24. The van der Waals surface area contributed by atoms with Gasteiger partial charge in [-0.15, -0.1) is 0 Å². The molecule has 7 heavy (non-hydrogen) atoms. The maximum atomic E-state index is 5.52. The van der Waals surface area contributed by atoms with Crippen LogP contribution in [0.1, 0.15) is 0 Å². The van der Waals surface area contributed by atoms with E-state index >= 15 is 0 Å². The fourth-order valence-electron chi connectivity index (χ4n) is 0.386. The van der Waals surface area contributed by atoms with E-state index < -0.39 is 0 Å². The van der Waals surface area contributed by atoms with Crippen LogP contribution in [0.5, 0.6) is 0 Å². The molecule has 1 aliphatic heterocycles. The molecule has 0 aromatic rings. The van der Waals surface area contributed by atoms with E-state index in [9.17, 15) is 0 Å². The summed E-state index contributed by atoms with van der Waals surface area (Å²) in [6, 6.07) is 0. The van der Waals surface area contributed by atoms with Crippen LogP contribution < -0.4 is 5.32 Å². The SMILES string of the molecule is ClC1=CCN[C]=C1. The van der Waals surface area contributed by atoms with Crippen LogP contribution in [0.25, 0.3) is 0 Å². The molecule has 0 saturated carbocycles. The van der Waals surface area contributed by atoms with E-state index in [4.69, 9.17) is 11.6 Å². The molecule has 0 aliphatic carbocycles. The molecule has 1 radical (unpaired) electrons. The molecule has 1 N–H and O–H groups in total. The summed E-state index contributed by atoms with van der Waals surface area (Å²) in [7, 11) is 0. The minimum atomic E-state index is 0.763. The largest absolute Gasteiger partial charge is 0.380 e. The van der Waals surface area contributed by atoms with Gasteiger partial charge in [-0.2, -0.15) is 0 Å². The molecule has 1 aliphatic rings. The van der Waals surface area contributed by atoms with Gasteiger partial charge in [0, 0.05) is 11.6 Å². The van der Waals surface area contributed by atoms with Gasteiger partial charge in [0.05, 0.1) is 6.20 Å². The van der Waals surface area contributed by atoms with Gasteiger partial charge in [-0.3, -0.25) is 0 Å². The van der Waals surface area contributed by atoms with E-state index in [0.29, 0.717) is 0 Å². The molecule has 0 aromatic carbocycles. The Morgan fingerprint density at radius 2 is 2.71 bits per heavy atom. The first-order chi connectivity index (χ1) is 3.39. The Morgan fingerprint density at radius 3 is 3.00 bits per heavy atom. The molecule has 1 rings (SSSR count). The lowest BCUT2D eigenvalue weighted by Gasteiger charge is -1.97. The molecule has 0 aromatic heterocycles. The quantitative estimate of drug-likeness (QED) is 0.496. The minimum absolute atomic E-state index is 0.763. The van der Waals surface area contributed by atoms with Gasteiger partial charge in [0.25, 0.3) is 0 Å². The Balaban J connectivity index is 2.58. The Bertz CT molecular complexity index is 115. The number of nitrogens with one attached hydrogen (secondary N) is 1. The molecule has 0 spiro atoms. The normalized spacial score (nSPS) is 18.1. The van der Waals surface area contributed by atoms with Crippen molar-refractivity contribution in [1.82, 2.24) is 5.32 Å². The van der Waals surface area contributed by atoms with Crippen molar-refractivity contribution in [3.8, 4) is 0 Å². The summed E-state index contributed by atoms with van der Waals surface area (Å²) < 4.78 is 0. The van der Waals surface area contributed by atoms with Crippen molar-refractivity contribution in [3.05, 3.63) is 23.4 Å². The van der Waals surface area contributed by atoms with E-state index in [1.807, 2.05) is 6.08 Å². The Hall–Kier alpha value is -0.430. The Morgan fingerprint density at radius 1 is 1.86 bits per heavy atom. The van der Waals surface area contributed by atoms with Crippen molar-refractivity contribution in [2.45, 2.75) is 0 Å². The van der Waals surface area contributed by atoms with Crippen LogP contribution in [-0.4, -0.2) is 6.54 Å². The van der Waals surface area contributed by atoms with Crippen LogP contribution in [0, 0.1) is 6.20 Å². The highest BCUT2D eigenvalue weighted by Gasteiger charge is 1.87. The standard InChI is InChI=1S/C5H5ClN/c6-5-1-3-7-4-2-5/h1-2,7H,3H2. The predicted octanol–water partition coefficient (Wildman–Crippen LogP) is 1.03. The average Bonchev–Trinajstić information content (AvgIpc) is 1.69. The molecule has 0 amide bonds. The topological polar surface area (TPSA) is 12.0 Å². The molecule has 0 saturated heterocycles. The number of dihydropyridines is 1. The van der Waals surface area contributed by atoms with E-state index in [2.05, 4.69) is 11.5 Å². The zero-order chi connectivity index (χ0) is 5.11. The van der Waals surface area contributed by atoms with Crippen LogP contribution in [0.3, 0.4) is 0 Å². The van der Waals surface area contributed by atoms with Gasteiger partial charge in [0.15, 0.2) is 0 Å². The summed E-state index contributed by atoms with van der Waals surface area (Å²) in [5, 5.41) is 3.61. The summed E-state index contributed by atoms with van der Waals surface area (Å²) in [5.74, 6) is 0. The molecule has 0 unspecified atom stereocenters. The number of halogens is 1. The maximum Gasteiger partial charge on any atom is 0.0593 e. The number of hydrogen-bond acceptors (Lipinski definition) is 1. The van der Waals surface area contributed by atoms with E-state index in [-0.39, 0.29) is 0 Å². The molecular formula is C5H5ClN. The van der Waals surface area contributed by atoms with Gasteiger partial charge in [0.1, 0.15) is 0 Å². The molecule has 1 heterocycles. The third-order valence-corrected chi connectivity index (χ3v) is 0.975.